The van der Waals surface area contributed by atoms with E-state index in [1.165, 1.54) is 6.92 Å². The van der Waals surface area contributed by atoms with Crippen LogP contribution < -0.4 is 15.4 Å². The van der Waals surface area contributed by atoms with Crippen LogP contribution in [0, 0.1) is 0 Å². The van der Waals surface area contributed by atoms with E-state index in [0.29, 0.717) is 27.8 Å². The Balaban J connectivity index is 1.73. The molecule has 1 unspecified atom stereocenters. The van der Waals surface area contributed by atoms with E-state index in [2.05, 4.69) is 10.6 Å². The van der Waals surface area contributed by atoms with E-state index in [1.807, 2.05) is 30.3 Å². The van der Waals surface area contributed by atoms with Gasteiger partial charge in [0, 0.05) is 29.0 Å². The highest BCUT2D eigenvalue weighted by atomic mass is 35.5. The minimum atomic E-state index is -0.968. The molecule has 2 atom stereocenters. The monoisotopic (exact) mass is 614 g/mol. The summed E-state index contributed by atoms with van der Waals surface area (Å²) >= 11 is 12.5. The highest BCUT2D eigenvalue weighted by Crippen LogP contribution is 2.26. The van der Waals surface area contributed by atoms with Gasteiger partial charge in [-0.05, 0) is 62.6 Å². The molecule has 8 nitrogen and oxygen atoms in total. The lowest BCUT2D eigenvalue weighted by molar-refractivity contribution is -0.142. The number of ether oxygens (including phenoxy) is 3. The number of carbonyl (C=O) groups is 3. The maximum Gasteiger partial charge on any atom is 0.408 e. The number of benzene rings is 3. The number of nitrogens with one attached hydrogen (secondary N) is 2. The first-order valence-electron chi connectivity index (χ1n) is 13.5. The second-order valence-corrected chi connectivity index (χ2v) is 11.5. The third-order valence-electron chi connectivity index (χ3n) is 5.97. The van der Waals surface area contributed by atoms with Crippen LogP contribution in [0.25, 0.3) is 0 Å². The molecule has 0 spiro atoms. The van der Waals surface area contributed by atoms with E-state index < -0.39 is 35.7 Å². The number of alkyl carbamates (subject to hydrolysis) is 1. The Kier molecular flexibility index (Phi) is 12.1. The molecule has 2 N–H and O–H groups in total. The Morgan fingerprint density at radius 3 is 2.02 bits per heavy atom. The fourth-order valence-corrected chi connectivity index (χ4v) is 4.52. The van der Waals surface area contributed by atoms with Crippen molar-refractivity contribution >= 4 is 41.2 Å². The van der Waals surface area contributed by atoms with Crippen molar-refractivity contribution in [2.75, 3.05) is 6.61 Å². The first-order chi connectivity index (χ1) is 19.9. The normalized spacial score (nSPS) is 12.5. The van der Waals surface area contributed by atoms with Crippen molar-refractivity contribution in [1.82, 2.24) is 10.6 Å². The van der Waals surface area contributed by atoms with E-state index in [9.17, 15) is 14.4 Å². The zero-order valence-electron chi connectivity index (χ0n) is 24.1. The van der Waals surface area contributed by atoms with Gasteiger partial charge < -0.3 is 24.8 Å². The maximum absolute atomic E-state index is 13.5. The van der Waals surface area contributed by atoms with Gasteiger partial charge in [0.25, 0.3) is 0 Å². The molecule has 0 aliphatic heterocycles. The molecule has 0 aliphatic carbocycles. The highest BCUT2D eigenvalue weighted by molar-refractivity contribution is 6.35. The fraction of sp³-hybridized carbons (Fsp3) is 0.344. The van der Waals surface area contributed by atoms with Crippen LogP contribution >= 0.6 is 23.2 Å². The molecule has 10 heteroatoms. The Morgan fingerprint density at radius 1 is 0.810 bits per heavy atom. The molecule has 0 fully saturated rings. The van der Waals surface area contributed by atoms with Crippen LogP contribution in [0.3, 0.4) is 0 Å². The number of amides is 2. The lowest BCUT2D eigenvalue weighted by atomic mass is 10.0. The van der Waals surface area contributed by atoms with E-state index in [-0.39, 0.29) is 19.6 Å². The van der Waals surface area contributed by atoms with Crippen molar-refractivity contribution in [2.45, 2.75) is 64.8 Å². The van der Waals surface area contributed by atoms with Crippen LogP contribution in [-0.4, -0.2) is 42.3 Å². The molecule has 42 heavy (non-hydrogen) atoms. The van der Waals surface area contributed by atoms with E-state index in [0.717, 1.165) is 11.1 Å². The molecule has 3 aromatic carbocycles. The van der Waals surface area contributed by atoms with Gasteiger partial charge in [-0.3, -0.25) is 9.59 Å². The van der Waals surface area contributed by atoms with Crippen LogP contribution in [0.15, 0.2) is 72.8 Å². The molecule has 3 aromatic rings. The van der Waals surface area contributed by atoms with Gasteiger partial charge in [0.15, 0.2) is 0 Å². The van der Waals surface area contributed by atoms with E-state index in [4.69, 9.17) is 37.4 Å². The second kappa shape index (κ2) is 15.5. The summed E-state index contributed by atoms with van der Waals surface area (Å²) in [4.78, 5) is 37.7. The van der Waals surface area contributed by atoms with Gasteiger partial charge in [0.1, 0.15) is 30.6 Å². The minimum Gasteiger partial charge on any atom is -0.489 e. The summed E-state index contributed by atoms with van der Waals surface area (Å²) in [5, 5.41) is 6.65. The zero-order chi connectivity index (χ0) is 30.7. The average Bonchev–Trinajstić information content (AvgIpc) is 2.91. The Hall–Kier alpha value is -3.75. The second-order valence-electron chi connectivity index (χ2n) is 10.7. The molecule has 0 aliphatic rings. The van der Waals surface area contributed by atoms with Gasteiger partial charge in [0.2, 0.25) is 5.91 Å². The molecular formula is C32H36Cl2N2O6. The molecule has 224 valence electrons. The quantitative estimate of drug-likeness (QED) is 0.232. The number of esters is 1. The Bertz CT molecular complexity index is 1320. The van der Waals surface area contributed by atoms with Crippen molar-refractivity contribution in [2.24, 2.45) is 0 Å². The molecule has 0 saturated carbocycles. The van der Waals surface area contributed by atoms with Gasteiger partial charge in [-0.15, -0.1) is 0 Å². The van der Waals surface area contributed by atoms with Crippen LogP contribution in [0.1, 0.15) is 44.4 Å². The van der Waals surface area contributed by atoms with Crippen molar-refractivity contribution in [3.8, 4) is 5.75 Å². The van der Waals surface area contributed by atoms with Crippen molar-refractivity contribution in [3.63, 3.8) is 0 Å². The standard InChI is InChI=1S/C32H36Cl2N2O6/c1-21(37)40-19-24(17-22-9-6-5-7-10-22)35-30(38)29(36-31(39)42-32(2,3)4)18-23-13-15-25(16-14-23)41-20-26-27(33)11-8-12-28(26)34/h5-16,24,29H,17-20H2,1-4H3,(H,35,38)(H,36,39)/t24?,29-/m0/s1. The first-order valence-corrected chi connectivity index (χ1v) is 14.3. The van der Waals surface area contributed by atoms with Gasteiger partial charge in [-0.1, -0.05) is 71.7 Å². The molecule has 3 rings (SSSR count). The number of halogens is 2. The topological polar surface area (TPSA) is 103 Å². The average molecular weight is 616 g/mol. The van der Waals surface area contributed by atoms with Gasteiger partial charge in [0.05, 0.1) is 6.04 Å². The Labute approximate surface area is 256 Å². The van der Waals surface area contributed by atoms with Crippen LogP contribution in [0.4, 0.5) is 4.79 Å². The van der Waals surface area contributed by atoms with Gasteiger partial charge in [-0.2, -0.15) is 0 Å². The van der Waals surface area contributed by atoms with Crippen molar-refractivity contribution in [3.05, 3.63) is 99.5 Å². The zero-order valence-corrected chi connectivity index (χ0v) is 25.6. The van der Waals surface area contributed by atoms with Crippen LogP contribution in [0.5, 0.6) is 5.75 Å². The maximum atomic E-state index is 13.5. The smallest absolute Gasteiger partial charge is 0.408 e. The Morgan fingerprint density at radius 2 is 1.43 bits per heavy atom. The predicted octanol–water partition coefficient (Wildman–Crippen LogP) is 6.30. The summed E-state index contributed by atoms with van der Waals surface area (Å²) in [6.45, 7) is 6.71. The number of rotatable bonds is 12. The summed E-state index contributed by atoms with van der Waals surface area (Å²) in [5.41, 5.74) is 1.66. The largest absolute Gasteiger partial charge is 0.489 e. The molecule has 0 saturated heterocycles. The lowest BCUT2D eigenvalue weighted by Gasteiger charge is -2.25. The van der Waals surface area contributed by atoms with Gasteiger partial charge >= 0.3 is 12.1 Å². The SMILES string of the molecule is CC(=O)OCC(Cc1ccccc1)NC(=O)[C@H](Cc1ccc(OCc2c(Cl)cccc2Cl)cc1)NC(=O)OC(C)(C)C. The van der Waals surface area contributed by atoms with Crippen LogP contribution in [-0.2, 0) is 38.5 Å². The number of hydrogen-bond donors (Lipinski definition) is 2. The minimum absolute atomic E-state index is 0.0173. The van der Waals surface area contributed by atoms with E-state index >= 15 is 0 Å². The number of carbonyl (C=O) groups excluding carboxylic acids is 3. The van der Waals surface area contributed by atoms with Crippen molar-refractivity contribution < 1.29 is 28.6 Å². The lowest BCUT2D eigenvalue weighted by Crippen LogP contribution is -2.53. The summed E-state index contributed by atoms with van der Waals surface area (Å²) in [7, 11) is 0. The summed E-state index contributed by atoms with van der Waals surface area (Å²) in [6.07, 6.45) is -0.118. The third-order valence-corrected chi connectivity index (χ3v) is 6.68. The number of hydrogen-bond acceptors (Lipinski definition) is 6. The molecule has 0 bridgehead atoms. The molecule has 2 amide bonds. The summed E-state index contributed by atoms with van der Waals surface area (Å²) in [6, 6.07) is 20.4. The molecular weight excluding hydrogens is 579 g/mol. The highest BCUT2D eigenvalue weighted by Gasteiger charge is 2.27. The first kappa shape index (κ1) is 32.8. The van der Waals surface area contributed by atoms with E-state index in [1.54, 1.807) is 63.2 Å². The molecule has 0 radical (unpaired) electrons. The predicted molar refractivity (Wildman–Crippen MR) is 163 cm³/mol. The van der Waals surface area contributed by atoms with Gasteiger partial charge in [-0.25, -0.2) is 4.79 Å². The van der Waals surface area contributed by atoms with Crippen LogP contribution in [0.2, 0.25) is 10.0 Å². The molecule has 0 heterocycles. The fourth-order valence-electron chi connectivity index (χ4n) is 4.01. The van der Waals surface area contributed by atoms with Crippen molar-refractivity contribution in [1.29, 1.82) is 0 Å². The summed E-state index contributed by atoms with van der Waals surface area (Å²) < 4.78 is 16.5. The molecule has 0 aromatic heterocycles. The third kappa shape index (κ3) is 11.3. The summed E-state index contributed by atoms with van der Waals surface area (Å²) in [5.74, 6) is -0.312.